The van der Waals surface area contributed by atoms with Gasteiger partial charge in [0.2, 0.25) is 0 Å². The molecule has 0 amide bonds. The number of carbonyl (C=O) groups is 1. The fraction of sp³-hybridized carbons (Fsp3) is 0.588. The summed E-state index contributed by atoms with van der Waals surface area (Å²) in [5.74, 6) is 1.06. The van der Waals surface area contributed by atoms with Crippen molar-refractivity contribution in [2.45, 2.75) is 46.5 Å². The third kappa shape index (κ3) is 5.15. The van der Waals surface area contributed by atoms with Crippen LogP contribution < -0.4 is 5.73 Å². The van der Waals surface area contributed by atoms with Gasteiger partial charge in [0.15, 0.2) is 0 Å². The fourth-order valence-corrected chi connectivity index (χ4v) is 2.19. The maximum Gasteiger partial charge on any atom is 0.140 e. The van der Waals surface area contributed by atoms with Crippen LogP contribution in [0.1, 0.15) is 51.2 Å². The van der Waals surface area contributed by atoms with Gasteiger partial charge in [0.05, 0.1) is 0 Å². The average Bonchev–Trinajstić information content (AvgIpc) is 2.38. The minimum Gasteiger partial charge on any atom is -0.330 e. The molecule has 0 aliphatic heterocycles. The summed E-state index contributed by atoms with van der Waals surface area (Å²) in [6, 6.07) is 8.42. The molecule has 1 aromatic rings. The normalized spacial score (nSPS) is 15.1. The Balaban J connectivity index is 2.62. The molecule has 0 spiro atoms. The van der Waals surface area contributed by atoms with Crippen molar-refractivity contribution in [2.75, 3.05) is 6.54 Å². The first-order valence-corrected chi connectivity index (χ1v) is 7.20. The molecule has 106 valence electrons. The van der Waals surface area contributed by atoms with Crippen molar-refractivity contribution in [3.8, 4) is 0 Å². The van der Waals surface area contributed by atoms with Gasteiger partial charge < -0.3 is 5.73 Å². The van der Waals surface area contributed by atoms with E-state index in [1.165, 1.54) is 5.56 Å². The zero-order valence-corrected chi connectivity index (χ0v) is 12.6. The van der Waals surface area contributed by atoms with Crippen LogP contribution in [0, 0.1) is 11.8 Å². The van der Waals surface area contributed by atoms with Gasteiger partial charge in [0.1, 0.15) is 7.20 Å². The summed E-state index contributed by atoms with van der Waals surface area (Å²) in [5.41, 5.74) is 4.80. The minimum absolute atomic E-state index is 0.0590. The number of hydrogen-bond acceptors (Lipinski definition) is 2. The summed E-state index contributed by atoms with van der Waals surface area (Å²) in [6.07, 6.45) is 1.61. The lowest BCUT2D eigenvalue weighted by Gasteiger charge is -2.14. The van der Waals surface area contributed by atoms with E-state index in [0.29, 0.717) is 18.9 Å². The number of rotatable bonds is 8. The predicted molar refractivity (Wildman–Crippen MR) is 81.2 cm³/mol. The molecule has 0 saturated heterocycles. The van der Waals surface area contributed by atoms with Gasteiger partial charge in [-0.2, -0.15) is 0 Å². The van der Waals surface area contributed by atoms with E-state index in [2.05, 4.69) is 43.8 Å². The van der Waals surface area contributed by atoms with E-state index in [1.54, 1.807) is 0 Å². The van der Waals surface area contributed by atoms with Crippen LogP contribution in [0.15, 0.2) is 24.3 Å². The Morgan fingerprint density at radius 2 is 1.84 bits per heavy atom. The Morgan fingerprint density at radius 1 is 1.21 bits per heavy atom. The molecule has 0 bridgehead atoms. The zero-order valence-electron chi connectivity index (χ0n) is 13.6. The first-order chi connectivity index (χ1) is 9.43. The summed E-state index contributed by atoms with van der Waals surface area (Å²) >= 11 is 0. The quantitative estimate of drug-likeness (QED) is 0.778. The number of carbonyl (C=O) groups excluding carboxylic acids is 1. The Morgan fingerprint density at radius 3 is 2.37 bits per heavy atom. The molecule has 0 heterocycles. The largest absolute Gasteiger partial charge is 0.330 e. The monoisotopic (exact) mass is 262 g/mol. The van der Waals surface area contributed by atoms with E-state index in [9.17, 15) is 4.79 Å². The molecule has 0 aliphatic rings. The number of nitrogens with two attached hydrogens (primary N) is 1. The molecule has 19 heavy (non-hydrogen) atoms. The predicted octanol–water partition coefficient (Wildman–Crippen LogP) is 3.54. The molecule has 1 aromatic carbocycles. The van der Waals surface area contributed by atoms with Crippen LogP contribution >= 0.6 is 0 Å². The molecular formula is C17H27NO. The third-order valence-electron chi connectivity index (χ3n) is 3.50. The molecular weight excluding hydrogens is 234 g/mol. The van der Waals surface area contributed by atoms with E-state index in [1.807, 2.05) is 13.8 Å². The smallest absolute Gasteiger partial charge is 0.140 e. The van der Waals surface area contributed by atoms with Crippen LogP contribution in [0.3, 0.4) is 0 Å². The molecule has 2 nitrogen and oxygen atoms in total. The molecule has 2 unspecified atom stereocenters. The van der Waals surface area contributed by atoms with Crippen LogP contribution in [0.5, 0.6) is 0 Å². The highest BCUT2D eigenvalue weighted by molar-refractivity contribution is 5.85. The van der Waals surface area contributed by atoms with Crippen molar-refractivity contribution >= 4 is 5.78 Å². The number of hydrogen-bond donors (Lipinski definition) is 1. The van der Waals surface area contributed by atoms with Crippen molar-refractivity contribution in [3.05, 3.63) is 35.4 Å². The third-order valence-corrected chi connectivity index (χ3v) is 3.50. The first kappa shape index (κ1) is 14.3. The lowest BCUT2D eigenvalue weighted by atomic mass is 9.90. The van der Waals surface area contributed by atoms with Crippen molar-refractivity contribution in [3.63, 3.8) is 0 Å². The van der Waals surface area contributed by atoms with Crippen molar-refractivity contribution < 1.29 is 6.21 Å². The topological polar surface area (TPSA) is 43.1 Å². The Labute approximate surface area is 118 Å². The molecule has 2 N–H and O–H groups in total. The molecule has 0 aliphatic carbocycles. The SMILES string of the molecule is [2H]NCC(C)CC(=O)C(C)c1ccc(CC(C)C)cc1. The van der Waals surface area contributed by atoms with Crippen LogP contribution in [0.25, 0.3) is 0 Å². The summed E-state index contributed by atoms with van der Waals surface area (Å²) in [6.45, 7) is 8.95. The second-order valence-electron chi connectivity index (χ2n) is 6.04. The number of benzene rings is 1. The van der Waals surface area contributed by atoms with Gasteiger partial charge in [-0.25, -0.2) is 0 Å². The molecule has 0 radical (unpaired) electrons. The average molecular weight is 262 g/mol. The van der Waals surface area contributed by atoms with Gasteiger partial charge >= 0.3 is 0 Å². The summed E-state index contributed by atoms with van der Waals surface area (Å²) in [4.78, 5) is 12.2. The summed E-state index contributed by atoms with van der Waals surface area (Å²) < 4.78 is 6.97. The number of Topliss-reactive ketones (excluding diaryl/α,β-unsaturated/α-hetero) is 1. The molecule has 2 atom stereocenters. The molecule has 0 saturated carbocycles. The lowest BCUT2D eigenvalue weighted by molar-refractivity contribution is -0.120. The Hall–Kier alpha value is -1.15. The Bertz CT molecular complexity index is 414. The van der Waals surface area contributed by atoms with Crippen molar-refractivity contribution in [1.82, 2.24) is 0 Å². The van der Waals surface area contributed by atoms with Gasteiger partial charge in [0.25, 0.3) is 0 Å². The van der Waals surface area contributed by atoms with Crippen molar-refractivity contribution in [1.29, 1.82) is 0 Å². The van der Waals surface area contributed by atoms with Gasteiger partial charge in [0, 0.05) is 12.3 Å². The van der Waals surface area contributed by atoms with E-state index >= 15 is 0 Å². The van der Waals surface area contributed by atoms with Gasteiger partial charge in [-0.1, -0.05) is 52.0 Å². The number of ketones is 1. The zero-order chi connectivity index (χ0) is 15.1. The van der Waals surface area contributed by atoms with Gasteiger partial charge in [-0.3, -0.25) is 4.79 Å². The first-order valence-electron chi connectivity index (χ1n) is 7.70. The van der Waals surface area contributed by atoms with Gasteiger partial charge in [-0.15, -0.1) is 0 Å². The maximum atomic E-state index is 12.2. The summed E-state index contributed by atoms with van der Waals surface area (Å²) in [5, 5.41) is 0. The van der Waals surface area contributed by atoms with Crippen LogP contribution in [0.4, 0.5) is 0 Å². The minimum atomic E-state index is -0.0590. The fourth-order valence-electron chi connectivity index (χ4n) is 2.19. The molecule has 0 aromatic heterocycles. The highest BCUT2D eigenvalue weighted by Gasteiger charge is 2.17. The molecule has 0 fully saturated rings. The Kier molecular flexibility index (Phi) is 5.59. The molecule has 1 rings (SSSR count). The lowest BCUT2D eigenvalue weighted by Crippen LogP contribution is -2.18. The summed E-state index contributed by atoms with van der Waals surface area (Å²) in [7, 11) is 0. The van der Waals surface area contributed by atoms with E-state index in [4.69, 9.17) is 1.41 Å². The standard InChI is InChI=1S/C17H27NO/c1-12(2)9-15-5-7-16(8-6-15)14(4)17(19)10-13(3)11-18/h5-8,12-14H,9-11,18H2,1-4H3/i/hD. The second-order valence-corrected chi connectivity index (χ2v) is 6.04. The van der Waals surface area contributed by atoms with E-state index < -0.39 is 0 Å². The van der Waals surface area contributed by atoms with E-state index in [-0.39, 0.29) is 17.6 Å². The highest BCUT2D eigenvalue weighted by Crippen LogP contribution is 2.21. The molecule has 2 heteroatoms. The maximum absolute atomic E-state index is 12.2. The van der Waals surface area contributed by atoms with Gasteiger partial charge in [-0.05, 0) is 35.9 Å². The second kappa shape index (κ2) is 7.44. The highest BCUT2D eigenvalue weighted by atomic mass is 16.1. The van der Waals surface area contributed by atoms with Crippen molar-refractivity contribution in [2.24, 2.45) is 17.6 Å². The van der Waals surface area contributed by atoms with Crippen LogP contribution in [-0.2, 0) is 11.2 Å². The van der Waals surface area contributed by atoms with E-state index in [0.717, 1.165) is 12.0 Å². The van der Waals surface area contributed by atoms with Crippen LogP contribution in [0.2, 0.25) is 1.41 Å². The van der Waals surface area contributed by atoms with Crippen LogP contribution in [-0.4, -0.2) is 12.3 Å².